The van der Waals surface area contributed by atoms with Gasteiger partial charge in [0.25, 0.3) is 0 Å². The Hall–Kier alpha value is -1.02. The van der Waals surface area contributed by atoms with Gasteiger partial charge in [-0.3, -0.25) is 0 Å². The number of para-hydroxylation sites is 1. The Bertz CT molecular complexity index is 305. The third-order valence-corrected chi connectivity index (χ3v) is 2.26. The van der Waals surface area contributed by atoms with Crippen LogP contribution in [0.4, 0.5) is 0 Å². The quantitative estimate of drug-likeness (QED) is 0.797. The van der Waals surface area contributed by atoms with Crippen LogP contribution < -0.4 is 0 Å². The van der Waals surface area contributed by atoms with Crippen LogP contribution in [0.25, 0.3) is 0 Å². The molecule has 0 fully saturated rings. The third kappa shape index (κ3) is 2.48. The van der Waals surface area contributed by atoms with Crippen molar-refractivity contribution in [2.24, 2.45) is 0 Å². The van der Waals surface area contributed by atoms with Gasteiger partial charge >= 0.3 is 0 Å². The zero-order valence-electron chi connectivity index (χ0n) is 9.41. The average molecular weight is 193 g/mol. The van der Waals surface area contributed by atoms with Crippen LogP contribution in [0, 0.1) is 0 Å². The molecular weight excluding hydrogens is 174 g/mol. The number of phenolic OH excluding ortho intramolecular Hbond substituents is 1. The standard InChI is InChI=1S/C12H19NO/c1-9(2)11-7-5-6-10(12(11)14)8-13(3)4/h5-7,9,14H,8H2,1-4H3. The van der Waals surface area contributed by atoms with Crippen molar-refractivity contribution in [3.63, 3.8) is 0 Å². The largest absolute Gasteiger partial charge is 0.507 e. The van der Waals surface area contributed by atoms with Gasteiger partial charge in [-0.1, -0.05) is 32.0 Å². The van der Waals surface area contributed by atoms with Gasteiger partial charge in [0.05, 0.1) is 0 Å². The SMILES string of the molecule is CC(C)c1cccc(CN(C)C)c1O. The third-order valence-electron chi connectivity index (χ3n) is 2.26. The smallest absolute Gasteiger partial charge is 0.123 e. The molecule has 0 spiro atoms. The van der Waals surface area contributed by atoms with Crippen LogP contribution in [0.15, 0.2) is 18.2 Å². The zero-order chi connectivity index (χ0) is 10.7. The van der Waals surface area contributed by atoms with Gasteiger partial charge in [0.1, 0.15) is 5.75 Å². The predicted molar refractivity (Wildman–Crippen MR) is 59.6 cm³/mol. The molecule has 0 saturated carbocycles. The molecular formula is C12H19NO. The van der Waals surface area contributed by atoms with E-state index in [4.69, 9.17) is 0 Å². The summed E-state index contributed by atoms with van der Waals surface area (Å²) in [6.07, 6.45) is 0. The second-order valence-corrected chi connectivity index (χ2v) is 4.25. The van der Waals surface area contributed by atoms with Crippen molar-refractivity contribution >= 4 is 0 Å². The predicted octanol–water partition coefficient (Wildman–Crippen LogP) is 2.58. The highest BCUT2D eigenvalue weighted by atomic mass is 16.3. The van der Waals surface area contributed by atoms with Crippen molar-refractivity contribution in [3.05, 3.63) is 29.3 Å². The summed E-state index contributed by atoms with van der Waals surface area (Å²) in [4.78, 5) is 2.05. The van der Waals surface area contributed by atoms with E-state index in [2.05, 4.69) is 18.7 Å². The summed E-state index contributed by atoms with van der Waals surface area (Å²) in [5.74, 6) is 0.827. The lowest BCUT2D eigenvalue weighted by atomic mass is 9.99. The molecule has 1 aromatic carbocycles. The Kier molecular flexibility index (Phi) is 3.53. The van der Waals surface area contributed by atoms with Crippen molar-refractivity contribution in [1.29, 1.82) is 0 Å². The number of aromatic hydroxyl groups is 1. The maximum Gasteiger partial charge on any atom is 0.123 e. The number of benzene rings is 1. The summed E-state index contributed by atoms with van der Waals surface area (Å²) < 4.78 is 0. The molecule has 0 atom stereocenters. The molecule has 0 aromatic heterocycles. The Morgan fingerprint density at radius 2 is 1.93 bits per heavy atom. The van der Waals surface area contributed by atoms with E-state index in [1.54, 1.807) is 0 Å². The molecule has 0 aliphatic carbocycles. The minimum Gasteiger partial charge on any atom is -0.507 e. The van der Waals surface area contributed by atoms with E-state index < -0.39 is 0 Å². The highest BCUT2D eigenvalue weighted by molar-refractivity contribution is 5.41. The number of rotatable bonds is 3. The molecule has 0 amide bonds. The van der Waals surface area contributed by atoms with E-state index in [1.165, 1.54) is 0 Å². The van der Waals surface area contributed by atoms with Crippen LogP contribution in [0.2, 0.25) is 0 Å². The number of hydrogen-bond donors (Lipinski definition) is 1. The van der Waals surface area contributed by atoms with E-state index in [9.17, 15) is 5.11 Å². The fourth-order valence-corrected chi connectivity index (χ4v) is 1.55. The van der Waals surface area contributed by atoms with Crippen LogP contribution >= 0.6 is 0 Å². The second-order valence-electron chi connectivity index (χ2n) is 4.25. The molecule has 1 N–H and O–H groups in total. The summed E-state index contributed by atoms with van der Waals surface area (Å²) in [7, 11) is 4.00. The maximum absolute atomic E-state index is 9.98. The van der Waals surface area contributed by atoms with Crippen LogP contribution in [0.5, 0.6) is 5.75 Å². The first-order valence-electron chi connectivity index (χ1n) is 4.98. The van der Waals surface area contributed by atoms with Gasteiger partial charge in [0.15, 0.2) is 0 Å². The zero-order valence-corrected chi connectivity index (χ0v) is 9.41. The maximum atomic E-state index is 9.98. The molecule has 78 valence electrons. The van der Waals surface area contributed by atoms with Crippen molar-refractivity contribution in [3.8, 4) is 5.75 Å². The Morgan fingerprint density at radius 1 is 1.29 bits per heavy atom. The van der Waals surface area contributed by atoms with Gasteiger partial charge in [0.2, 0.25) is 0 Å². The van der Waals surface area contributed by atoms with Crippen molar-refractivity contribution < 1.29 is 5.11 Å². The minimum atomic E-state index is 0.372. The molecule has 1 rings (SSSR count). The first-order valence-corrected chi connectivity index (χ1v) is 4.98. The molecule has 0 aliphatic heterocycles. The van der Waals surface area contributed by atoms with Crippen LogP contribution in [-0.2, 0) is 6.54 Å². The van der Waals surface area contributed by atoms with E-state index >= 15 is 0 Å². The summed E-state index contributed by atoms with van der Waals surface area (Å²) in [6.45, 7) is 4.97. The fourth-order valence-electron chi connectivity index (χ4n) is 1.55. The molecule has 2 heteroatoms. The topological polar surface area (TPSA) is 23.5 Å². The number of phenols is 1. The van der Waals surface area contributed by atoms with E-state index in [1.807, 2.05) is 32.3 Å². The molecule has 1 aromatic rings. The monoisotopic (exact) mass is 193 g/mol. The Labute approximate surface area is 86.2 Å². The summed E-state index contributed by atoms with van der Waals surface area (Å²) in [5, 5.41) is 9.98. The molecule has 0 bridgehead atoms. The molecule has 2 nitrogen and oxygen atoms in total. The van der Waals surface area contributed by atoms with Gasteiger partial charge in [-0.25, -0.2) is 0 Å². The van der Waals surface area contributed by atoms with Crippen LogP contribution in [0.1, 0.15) is 30.9 Å². The van der Waals surface area contributed by atoms with Gasteiger partial charge in [-0.2, -0.15) is 0 Å². The summed E-state index contributed by atoms with van der Waals surface area (Å²) in [6, 6.07) is 5.97. The second kappa shape index (κ2) is 4.47. The Morgan fingerprint density at radius 3 is 2.43 bits per heavy atom. The normalized spacial score (nSPS) is 11.3. The summed E-state index contributed by atoms with van der Waals surface area (Å²) in [5.41, 5.74) is 2.03. The average Bonchev–Trinajstić information content (AvgIpc) is 2.07. The van der Waals surface area contributed by atoms with Crippen molar-refractivity contribution in [2.45, 2.75) is 26.3 Å². The van der Waals surface area contributed by atoms with Crippen LogP contribution in [0.3, 0.4) is 0 Å². The first-order chi connectivity index (χ1) is 6.52. The van der Waals surface area contributed by atoms with Gasteiger partial charge in [-0.15, -0.1) is 0 Å². The lowest BCUT2D eigenvalue weighted by molar-refractivity contribution is 0.383. The van der Waals surface area contributed by atoms with Crippen LogP contribution in [-0.4, -0.2) is 24.1 Å². The lowest BCUT2D eigenvalue weighted by Gasteiger charge is -2.15. The van der Waals surface area contributed by atoms with E-state index in [0.29, 0.717) is 11.7 Å². The number of hydrogen-bond acceptors (Lipinski definition) is 2. The van der Waals surface area contributed by atoms with E-state index in [0.717, 1.165) is 17.7 Å². The first kappa shape index (κ1) is 11.1. The summed E-state index contributed by atoms with van der Waals surface area (Å²) >= 11 is 0. The minimum absolute atomic E-state index is 0.372. The molecule has 0 aliphatic rings. The fraction of sp³-hybridized carbons (Fsp3) is 0.500. The highest BCUT2D eigenvalue weighted by Gasteiger charge is 2.09. The molecule has 0 heterocycles. The molecule has 0 radical (unpaired) electrons. The molecule has 0 unspecified atom stereocenters. The van der Waals surface area contributed by atoms with E-state index in [-0.39, 0.29) is 0 Å². The van der Waals surface area contributed by atoms with Gasteiger partial charge < -0.3 is 10.0 Å². The van der Waals surface area contributed by atoms with Crippen molar-refractivity contribution in [1.82, 2.24) is 4.90 Å². The lowest BCUT2D eigenvalue weighted by Crippen LogP contribution is -2.11. The molecule has 14 heavy (non-hydrogen) atoms. The number of nitrogens with zero attached hydrogens (tertiary/aromatic N) is 1. The highest BCUT2D eigenvalue weighted by Crippen LogP contribution is 2.29. The van der Waals surface area contributed by atoms with Crippen molar-refractivity contribution in [2.75, 3.05) is 14.1 Å². The van der Waals surface area contributed by atoms with Gasteiger partial charge in [-0.05, 0) is 25.6 Å². The van der Waals surface area contributed by atoms with Gasteiger partial charge in [0, 0.05) is 12.1 Å². The Balaban J connectivity index is 3.01. The molecule has 0 saturated heterocycles.